The van der Waals surface area contributed by atoms with Crippen LogP contribution in [0.15, 0.2) is 24.4 Å². The van der Waals surface area contributed by atoms with Crippen LogP contribution >= 0.6 is 12.4 Å². The molecule has 2 heterocycles. The lowest BCUT2D eigenvalue weighted by molar-refractivity contribution is 0.271. The molecule has 1 unspecified atom stereocenters. The number of benzene rings is 1. The molecule has 2 aromatic rings. The second-order valence-electron chi connectivity index (χ2n) is 6.95. The summed E-state index contributed by atoms with van der Waals surface area (Å²) < 4.78 is 0. The Morgan fingerprint density at radius 2 is 1.91 bits per heavy atom. The van der Waals surface area contributed by atoms with Gasteiger partial charge >= 0.3 is 0 Å². The molecular weight excluding hydrogens is 310 g/mol. The van der Waals surface area contributed by atoms with E-state index in [1.165, 1.54) is 11.1 Å². The first-order chi connectivity index (χ1) is 10.5. The van der Waals surface area contributed by atoms with Gasteiger partial charge in [-0.3, -0.25) is 4.90 Å². The average molecular weight is 336 g/mol. The third kappa shape index (κ3) is 4.10. The van der Waals surface area contributed by atoms with Gasteiger partial charge in [-0.05, 0) is 62.0 Å². The summed E-state index contributed by atoms with van der Waals surface area (Å²) in [5.41, 5.74) is 10.6. The van der Waals surface area contributed by atoms with Gasteiger partial charge < -0.3 is 5.73 Å². The van der Waals surface area contributed by atoms with Crippen LogP contribution in [0.25, 0.3) is 5.69 Å². The van der Waals surface area contributed by atoms with Crippen LogP contribution in [0, 0.1) is 19.3 Å². The maximum atomic E-state index is 5.87. The Kier molecular flexibility index (Phi) is 5.45. The van der Waals surface area contributed by atoms with E-state index in [1.807, 2.05) is 6.20 Å². The van der Waals surface area contributed by atoms with Crippen LogP contribution in [0.4, 0.5) is 0 Å². The molecule has 5 nitrogen and oxygen atoms in total. The number of nitrogens with two attached hydrogens (primary N) is 1. The highest BCUT2D eigenvalue weighted by Gasteiger charge is 2.32. The van der Waals surface area contributed by atoms with Crippen molar-refractivity contribution in [2.45, 2.75) is 33.7 Å². The molecule has 0 radical (unpaired) electrons. The Morgan fingerprint density at radius 3 is 2.52 bits per heavy atom. The molecule has 6 heteroatoms. The van der Waals surface area contributed by atoms with Crippen molar-refractivity contribution < 1.29 is 0 Å². The van der Waals surface area contributed by atoms with Gasteiger partial charge in [-0.25, -0.2) is 0 Å². The van der Waals surface area contributed by atoms with Crippen molar-refractivity contribution in [3.63, 3.8) is 0 Å². The fraction of sp³-hybridized carbons (Fsp3) is 0.529. The summed E-state index contributed by atoms with van der Waals surface area (Å²) in [5.74, 6) is 0. The standard InChI is InChI=1S/C17H25N5.ClH/c1-13-6-14(2)8-16(7-13)22-19-9-15(20-22)10-21-5-4-17(3,11-18)12-21;/h6-9H,4-5,10-12,18H2,1-3H3;1H. The fourth-order valence-corrected chi connectivity index (χ4v) is 3.21. The SMILES string of the molecule is Cc1cc(C)cc(-n2ncc(CN3CCC(C)(CN)C3)n2)c1.Cl. The van der Waals surface area contributed by atoms with Crippen molar-refractivity contribution in [3.8, 4) is 5.69 Å². The lowest BCUT2D eigenvalue weighted by Gasteiger charge is -2.21. The minimum atomic E-state index is 0. The lowest BCUT2D eigenvalue weighted by atomic mass is 9.90. The Labute approximate surface area is 144 Å². The summed E-state index contributed by atoms with van der Waals surface area (Å²) in [7, 11) is 0. The van der Waals surface area contributed by atoms with Gasteiger partial charge in [0.2, 0.25) is 0 Å². The van der Waals surface area contributed by atoms with E-state index >= 15 is 0 Å². The third-order valence-corrected chi connectivity index (χ3v) is 4.49. The topological polar surface area (TPSA) is 60.0 Å². The number of halogens is 1. The average Bonchev–Trinajstić information content (AvgIpc) is 3.06. The number of aromatic nitrogens is 3. The lowest BCUT2D eigenvalue weighted by Crippen LogP contribution is -2.31. The Hall–Kier alpha value is -1.43. The number of likely N-dealkylation sites (tertiary alicyclic amines) is 1. The van der Waals surface area contributed by atoms with Gasteiger partial charge in [0.05, 0.1) is 17.6 Å². The van der Waals surface area contributed by atoms with E-state index in [9.17, 15) is 0 Å². The van der Waals surface area contributed by atoms with Crippen LogP contribution in [0.3, 0.4) is 0 Å². The molecule has 0 saturated carbocycles. The summed E-state index contributed by atoms with van der Waals surface area (Å²) in [6.07, 6.45) is 3.03. The van der Waals surface area contributed by atoms with E-state index in [4.69, 9.17) is 5.73 Å². The van der Waals surface area contributed by atoms with Crippen molar-refractivity contribution in [1.82, 2.24) is 19.9 Å². The van der Waals surface area contributed by atoms with Crippen molar-refractivity contribution in [3.05, 3.63) is 41.2 Å². The summed E-state index contributed by atoms with van der Waals surface area (Å²) in [6, 6.07) is 6.38. The van der Waals surface area contributed by atoms with Crippen molar-refractivity contribution >= 4 is 12.4 Å². The molecular formula is C17H26ClN5. The fourth-order valence-electron chi connectivity index (χ4n) is 3.21. The summed E-state index contributed by atoms with van der Waals surface area (Å²) in [5, 5.41) is 9.05. The van der Waals surface area contributed by atoms with E-state index in [0.29, 0.717) is 0 Å². The Bertz CT molecular complexity index is 649. The van der Waals surface area contributed by atoms with Gasteiger partial charge in [-0.2, -0.15) is 15.0 Å². The highest BCUT2D eigenvalue weighted by molar-refractivity contribution is 5.85. The van der Waals surface area contributed by atoms with Gasteiger partial charge in [-0.1, -0.05) is 13.0 Å². The molecule has 2 N–H and O–H groups in total. The highest BCUT2D eigenvalue weighted by atomic mass is 35.5. The summed E-state index contributed by atoms with van der Waals surface area (Å²) >= 11 is 0. The van der Waals surface area contributed by atoms with Crippen LogP contribution in [-0.2, 0) is 6.54 Å². The molecule has 0 amide bonds. The van der Waals surface area contributed by atoms with E-state index < -0.39 is 0 Å². The minimum absolute atomic E-state index is 0. The maximum Gasteiger partial charge on any atom is 0.0971 e. The van der Waals surface area contributed by atoms with E-state index in [-0.39, 0.29) is 17.8 Å². The van der Waals surface area contributed by atoms with Gasteiger partial charge in [0.15, 0.2) is 0 Å². The first kappa shape index (κ1) is 17.9. The zero-order chi connectivity index (χ0) is 15.7. The predicted octanol–water partition coefficient (Wildman–Crippen LogP) is 2.48. The zero-order valence-corrected chi connectivity index (χ0v) is 14.9. The summed E-state index contributed by atoms with van der Waals surface area (Å²) in [4.78, 5) is 4.15. The van der Waals surface area contributed by atoms with Crippen molar-refractivity contribution in [2.24, 2.45) is 11.1 Å². The highest BCUT2D eigenvalue weighted by Crippen LogP contribution is 2.29. The van der Waals surface area contributed by atoms with Gasteiger partial charge in [0, 0.05) is 13.1 Å². The quantitative estimate of drug-likeness (QED) is 0.932. The molecule has 0 bridgehead atoms. The molecule has 126 valence electrons. The van der Waals surface area contributed by atoms with Crippen molar-refractivity contribution in [2.75, 3.05) is 19.6 Å². The maximum absolute atomic E-state index is 5.87. The van der Waals surface area contributed by atoms with Crippen LogP contribution in [0.5, 0.6) is 0 Å². The Morgan fingerprint density at radius 1 is 1.22 bits per heavy atom. The van der Waals surface area contributed by atoms with Gasteiger partial charge in [0.25, 0.3) is 0 Å². The van der Waals surface area contributed by atoms with Crippen LogP contribution in [0.1, 0.15) is 30.2 Å². The van der Waals surface area contributed by atoms with E-state index in [1.54, 1.807) is 4.80 Å². The Balaban J connectivity index is 0.00000192. The number of hydrogen-bond acceptors (Lipinski definition) is 4. The predicted molar refractivity (Wildman–Crippen MR) is 95.1 cm³/mol. The first-order valence-electron chi connectivity index (χ1n) is 7.90. The molecule has 1 aromatic carbocycles. The van der Waals surface area contributed by atoms with Crippen LogP contribution in [-0.4, -0.2) is 39.5 Å². The largest absolute Gasteiger partial charge is 0.330 e. The number of hydrogen-bond donors (Lipinski definition) is 1. The molecule has 1 aliphatic heterocycles. The molecule has 1 aromatic heterocycles. The molecule has 3 rings (SSSR count). The molecule has 1 aliphatic rings. The second kappa shape index (κ2) is 6.99. The molecule has 1 fully saturated rings. The molecule has 0 aliphatic carbocycles. The van der Waals surface area contributed by atoms with E-state index in [0.717, 1.165) is 44.0 Å². The zero-order valence-electron chi connectivity index (χ0n) is 14.1. The van der Waals surface area contributed by atoms with Gasteiger partial charge in [0.1, 0.15) is 0 Å². The van der Waals surface area contributed by atoms with Crippen molar-refractivity contribution in [1.29, 1.82) is 0 Å². The summed E-state index contributed by atoms with van der Waals surface area (Å²) in [6.45, 7) is 10.2. The van der Waals surface area contributed by atoms with Gasteiger partial charge in [-0.15, -0.1) is 12.4 Å². The molecule has 1 atom stereocenters. The molecule has 0 spiro atoms. The van der Waals surface area contributed by atoms with E-state index in [2.05, 4.69) is 54.1 Å². The molecule has 23 heavy (non-hydrogen) atoms. The number of nitrogens with zero attached hydrogens (tertiary/aromatic N) is 4. The number of aryl methyl sites for hydroxylation is 2. The first-order valence-corrected chi connectivity index (χ1v) is 7.90. The number of rotatable bonds is 4. The smallest absolute Gasteiger partial charge is 0.0971 e. The normalized spacial score (nSPS) is 21.4. The second-order valence-corrected chi connectivity index (χ2v) is 6.95. The molecule has 1 saturated heterocycles. The van der Waals surface area contributed by atoms with Crippen LogP contribution < -0.4 is 5.73 Å². The minimum Gasteiger partial charge on any atom is -0.330 e. The third-order valence-electron chi connectivity index (χ3n) is 4.49. The monoisotopic (exact) mass is 335 g/mol. The van der Waals surface area contributed by atoms with Crippen LogP contribution in [0.2, 0.25) is 0 Å².